The maximum absolute atomic E-state index is 13.8. The molecular formula is C35H44N4O5. The van der Waals surface area contributed by atoms with Crippen LogP contribution < -0.4 is 20.1 Å². The van der Waals surface area contributed by atoms with Crippen LogP contribution in [0, 0.1) is 11.8 Å². The number of fused-ring (bicyclic) bond motifs is 1. The third-order valence-corrected chi connectivity index (χ3v) is 8.51. The first-order valence-corrected chi connectivity index (χ1v) is 15.6. The minimum absolute atomic E-state index is 0.0432. The van der Waals surface area contributed by atoms with E-state index in [-0.39, 0.29) is 42.4 Å². The highest BCUT2D eigenvalue weighted by atomic mass is 16.5. The SMILES string of the molecule is C[C@@H]1CN([C@H](C)CO)C(=O)c2cccc(NC(=O)C3CCNCC3)c2O[C@H]1CN(C)Cc1ccc(Oc2ccccc2)cc1. The number of hydrogen-bond donors (Lipinski definition) is 3. The highest BCUT2D eigenvalue weighted by molar-refractivity contribution is 6.02. The number of amides is 2. The van der Waals surface area contributed by atoms with E-state index in [0.717, 1.165) is 43.0 Å². The van der Waals surface area contributed by atoms with Gasteiger partial charge < -0.3 is 30.1 Å². The van der Waals surface area contributed by atoms with Gasteiger partial charge in [0.1, 0.15) is 17.6 Å². The summed E-state index contributed by atoms with van der Waals surface area (Å²) in [5, 5.41) is 16.4. The van der Waals surface area contributed by atoms with Crippen molar-refractivity contribution < 1.29 is 24.2 Å². The van der Waals surface area contributed by atoms with Gasteiger partial charge >= 0.3 is 0 Å². The number of anilines is 1. The number of aliphatic hydroxyl groups is 1. The van der Waals surface area contributed by atoms with Gasteiger partial charge in [0.15, 0.2) is 5.75 Å². The van der Waals surface area contributed by atoms with Crippen LogP contribution in [-0.2, 0) is 11.3 Å². The second-order valence-electron chi connectivity index (χ2n) is 12.1. The van der Waals surface area contributed by atoms with Gasteiger partial charge in [-0.2, -0.15) is 0 Å². The van der Waals surface area contributed by atoms with E-state index < -0.39 is 0 Å². The quantitative estimate of drug-likeness (QED) is 0.308. The summed E-state index contributed by atoms with van der Waals surface area (Å²) in [6, 6.07) is 22.7. The number of benzene rings is 3. The fourth-order valence-corrected chi connectivity index (χ4v) is 5.85. The number of carbonyl (C=O) groups is 2. The molecule has 1 saturated heterocycles. The Morgan fingerprint density at radius 2 is 1.77 bits per heavy atom. The van der Waals surface area contributed by atoms with Crippen molar-refractivity contribution in [2.45, 2.75) is 45.4 Å². The second-order valence-corrected chi connectivity index (χ2v) is 12.1. The number of rotatable bonds is 10. The number of piperidine rings is 1. The smallest absolute Gasteiger partial charge is 0.258 e. The van der Waals surface area contributed by atoms with Crippen molar-refractivity contribution >= 4 is 17.5 Å². The number of aliphatic hydroxyl groups excluding tert-OH is 1. The molecule has 9 nitrogen and oxygen atoms in total. The van der Waals surface area contributed by atoms with Crippen molar-refractivity contribution in [2.75, 3.05) is 45.2 Å². The predicted octanol–water partition coefficient (Wildman–Crippen LogP) is 4.77. The number of carbonyl (C=O) groups excluding carboxylic acids is 2. The summed E-state index contributed by atoms with van der Waals surface area (Å²) in [6.07, 6.45) is 1.26. The molecule has 0 unspecified atom stereocenters. The molecule has 0 spiro atoms. The maximum atomic E-state index is 13.8. The van der Waals surface area contributed by atoms with Crippen molar-refractivity contribution in [3.63, 3.8) is 0 Å². The molecule has 0 saturated carbocycles. The van der Waals surface area contributed by atoms with Crippen molar-refractivity contribution in [2.24, 2.45) is 11.8 Å². The number of nitrogens with one attached hydrogen (secondary N) is 2. The highest BCUT2D eigenvalue weighted by Gasteiger charge is 2.35. The maximum Gasteiger partial charge on any atom is 0.258 e. The van der Waals surface area contributed by atoms with Crippen LogP contribution in [-0.4, -0.2) is 78.7 Å². The van der Waals surface area contributed by atoms with Crippen LogP contribution in [0.4, 0.5) is 5.69 Å². The molecule has 3 aromatic carbocycles. The standard InChI is InChI=1S/C35H44N4O5/c1-24-20-39(25(2)23-40)35(42)30-10-7-11-31(37-34(41)27-16-18-36-19-17-27)33(30)44-32(24)22-38(3)21-26-12-14-29(15-13-26)43-28-8-5-4-6-9-28/h4-15,24-25,27,32,36,40H,16-23H2,1-3H3,(H,37,41)/t24-,25-,32+/m1/s1. The van der Waals surface area contributed by atoms with E-state index in [4.69, 9.17) is 9.47 Å². The van der Waals surface area contributed by atoms with Gasteiger partial charge in [0.25, 0.3) is 5.91 Å². The van der Waals surface area contributed by atoms with Gasteiger partial charge in [0.05, 0.1) is 23.9 Å². The van der Waals surface area contributed by atoms with E-state index in [9.17, 15) is 14.7 Å². The summed E-state index contributed by atoms with van der Waals surface area (Å²) in [4.78, 5) is 30.9. The Kier molecular flexibility index (Phi) is 10.5. The largest absolute Gasteiger partial charge is 0.486 e. The minimum Gasteiger partial charge on any atom is -0.486 e. The normalized spacial score (nSPS) is 19.8. The Hall–Kier alpha value is -3.92. The zero-order valence-electron chi connectivity index (χ0n) is 25.9. The Balaban J connectivity index is 1.34. The summed E-state index contributed by atoms with van der Waals surface area (Å²) in [5.74, 6) is 1.56. The molecule has 9 heteroatoms. The van der Waals surface area contributed by atoms with Crippen LogP contribution in [0.2, 0.25) is 0 Å². The summed E-state index contributed by atoms with van der Waals surface area (Å²) in [7, 11) is 2.05. The highest BCUT2D eigenvalue weighted by Crippen LogP contribution is 2.35. The third-order valence-electron chi connectivity index (χ3n) is 8.51. The van der Waals surface area contributed by atoms with E-state index in [0.29, 0.717) is 36.6 Å². The lowest BCUT2D eigenvalue weighted by Crippen LogP contribution is -2.49. The minimum atomic E-state index is -0.362. The average Bonchev–Trinajstić information content (AvgIpc) is 3.04. The summed E-state index contributed by atoms with van der Waals surface area (Å²) >= 11 is 0. The fraction of sp³-hybridized carbons (Fsp3) is 0.429. The lowest BCUT2D eigenvalue weighted by molar-refractivity contribution is -0.120. The van der Waals surface area contributed by atoms with Gasteiger partial charge in [0.2, 0.25) is 5.91 Å². The fourth-order valence-electron chi connectivity index (χ4n) is 5.85. The molecule has 2 aliphatic heterocycles. The van der Waals surface area contributed by atoms with Crippen LogP contribution in [0.15, 0.2) is 72.8 Å². The topological polar surface area (TPSA) is 103 Å². The molecular weight excluding hydrogens is 556 g/mol. The molecule has 1 fully saturated rings. The van der Waals surface area contributed by atoms with Gasteiger partial charge in [0, 0.05) is 31.5 Å². The molecule has 0 aliphatic carbocycles. The molecule has 0 aromatic heterocycles. The summed E-state index contributed by atoms with van der Waals surface area (Å²) < 4.78 is 12.6. The molecule has 3 N–H and O–H groups in total. The summed E-state index contributed by atoms with van der Waals surface area (Å²) in [6.45, 7) is 7.11. The molecule has 5 rings (SSSR count). The predicted molar refractivity (Wildman–Crippen MR) is 171 cm³/mol. The first kappa shape index (κ1) is 31.5. The van der Waals surface area contributed by atoms with E-state index in [1.54, 1.807) is 23.1 Å². The lowest BCUT2D eigenvalue weighted by atomic mass is 9.96. The van der Waals surface area contributed by atoms with Gasteiger partial charge in [-0.1, -0.05) is 43.3 Å². The number of para-hydroxylation sites is 2. The lowest BCUT2D eigenvalue weighted by Gasteiger charge is -2.38. The van der Waals surface area contributed by atoms with E-state index in [2.05, 4.69) is 34.6 Å². The summed E-state index contributed by atoms with van der Waals surface area (Å²) in [5.41, 5.74) is 2.03. The molecule has 44 heavy (non-hydrogen) atoms. The zero-order chi connectivity index (χ0) is 31.1. The van der Waals surface area contributed by atoms with Crippen molar-refractivity contribution in [3.05, 3.63) is 83.9 Å². The Bertz CT molecular complexity index is 1390. The molecule has 3 atom stereocenters. The van der Waals surface area contributed by atoms with Crippen LogP contribution in [0.5, 0.6) is 17.2 Å². The van der Waals surface area contributed by atoms with Crippen molar-refractivity contribution in [1.29, 1.82) is 0 Å². The van der Waals surface area contributed by atoms with Crippen LogP contribution in [0.25, 0.3) is 0 Å². The Labute approximate surface area is 260 Å². The molecule has 2 aliphatic rings. The molecule has 2 heterocycles. The van der Waals surface area contributed by atoms with Crippen molar-refractivity contribution in [3.8, 4) is 17.2 Å². The van der Waals surface area contributed by atoms with Crippen LogP contribution in [0.3, 0.4) is 0 Å². The molecule has 234 valence electrons. The Morgan fingerprint density at radius 3 is 2.48 bits per heavy atom. The van der Waals surface area contributed by atoms with E-state index >= 15 is 0 Å². The monoisotopic (exact) mass is 600 g/mol. The van der Waals surface area contributed by atoms with Crippen LogP contribution >= 0.6 is 0 Å². The van der Waals surface area contributed by atoms with Gasteiger partial charge in [-0.25, -0.2) is 0 Å². The van der Waals surface area contributed by atoms with E-state index in [1.165, 1.54) is 0 Å². The van der Waals surface area contributed by atoms with Crippen molar-refractivity contribution in [1.82, 2.24) is 15.1 Å². The number of nitrogens with zero attached hydrogens (tertiary/aromatic N) is 2. The molecule has 2 amide bonds. The molecule has 0 bridgehead atoms. The number of ether oxygens (including phenoxy) is 2. The second kappa shape index (κ2) is 14.7. The first-order chi connectivity index (χ1) is 21.3. The van der Waals surface area contributed by atoms with Gasteiger partial charge in [-0.05, 0) is 81.9 Å². The third kappa shape index (κ3) is 7.77. The zero-order valence-corrected chi connectivity index (χ0v) is 25.9. The molecule has 0 radical (unpaired) electrons. The Morgan fingerprint density at radius 1 is 1.07 bits per heavy atom. The van der Waals surface area contributed by atoms with Crippen LogP contribution in [0.1, 0.15) is 42.6 Å². The number of likely N-dealkylation sites (N-methyl/N-ethyl adjacent to an activating group) is 1. The molecule has 3 aromatic rings. The average molecular weight is 601 g/mol. The van der Waals surface area contributed by atoms with Gasteiger partial charge in [-0.15, -0.1) is 0 Å². The number of hydrogen-bond acceptors (Lipinski definition) is 7. The van der Waals surface area contributed by atoms with E-state index in [1.807, 2.05) is 56.4 Å². The van der Waals surface area contributed by atoms with Gasteiger partial charge in [-0.3, -0.25) is 14.5 Å². The first-order valence-electron chi connectivity index (χ1n) is 15.6.